The van der Waals surface area contributed by atoms with Crippen LogP contribution >= 0.6 is 11.8 Å². The number of hydrogen-bond acceptors (Lipinski definition) is 5. The third-order valence-electron chi connectivity index (χ3n) is 4.16. The van der Waals surface area contributed by atoms with Crippen molar-refractivity contribution in [2.75, 3.05) is 45.4 Å². The number of para-hydroxylation sites is 2. The van der Waals surface area contributed by atoms with Crippen LogP contribution in [0, 0.1) is 5.92 Å². The van der Waals surface area contributed by atoms with Gasteiger partial charge in [0.1, 0.15) is 0 Å². The fourth-order valence-corrected chi connectivity index (χ4v) is 3.29. The van der Waals surface area contributed by atoms with Gasteiger partial charge < -0.3 is 19.7 Å². The Kier molecular flexibility index (Phi) is 7.91. The van der Waals surface area contributed by atoms with Crippen molar-refractivity contribution >= 4 is 23.6 Å². The number of carbonyl (C=O) groups is 2. The second-order valence-electron chi connectivity index (χ2n) is 6.02. The minimum Gasteiger partial charge on any atom is -0.493 e. The third-order valence-corrected chi connectivity index (χ3v) is 4.69. The number of ether oxygens (including phenoxy) is 2. The van der Waals surface area contributed by atoms with E-state index < -0.39 is 0 Å². The number of likely N-dealkylation sites (tertiary alicyclic amines) is 1. The molecule has 0 radical (unpaired) electrons. The zero-order chi connectivity index (χ0) is 18.1. The molecule has 1 unspecified atom stereocenters. The average molecular weight is 366 g/mol. The predicted molar refractivity (Wildman–Crippen MR) is 99.2 cm³/mol. The molecule has 0 saturated carbocycles. The molecule has 1 atom stereocenters. The molecule has 138 valence electrons. The molecule has 0 spiro atoms. The van der Waals surface area contributed by atoms with E-state index in [9.17, 15) is 9.59 Å². The zero-order valence-corrected chi connectivity index (χ0v) is 15.6. The van der Waals surface area contributed by atoms with E-state index in [1.165, 1.54) is 0 Å². The minimum atomic E-state index is -0.168. The fraction of sp³-hybridized carbons (Fsp3) is 0.556. The van der Waals surface area contributed by atoms with Gasteiger partial charge in [-0.25, -0.2) is 0 Å². The number of nitrogens with zero attached hydrogens (tertiary/aromatic N) is 1. The van der Waals surface area contributed by atoms with Gasteiger partial charge in [0.15, 0.2) is 18.1 Å². The number of benzene rings is 1. The molecule has 2 amide bonds. The van der Waals surface area contributed by atoms with Crippen molar-refractivity contribution < 1.29 is 19.1 Å². The molecule has 1 heterocycles. The second-order valence-corrected chi connectivity index (χ2v) is 6.89. The van der Waals surface area contributed by atoms with Gasteiger partial charge in [-0.15, -0.1) is 0 Å². The number of hydrogen-bond donors (Lipinski definition) is 1. The van der Waals surface area contributed by atoms with Gasteiger partial charge in [-0.1, -0.05) is 12.1 Å². The summed E-state index contributed by atoms with van der Waals surface area (Å²) in [4.78, 5) is 25.9. The molecule has 7 heteroatoms. The maximum absolute atomic E-state index is 12.0. The lowest BCUT2D eigenvalue weighted by molar-refractivity contribution is -0.130. The number of piperidine rings is 1. The van der Waals surface area contributed by atoms with Crippen molar-refractivity contribution in [3.05, 3.63) is 24.3 Å². The van der Waals surface area contributed by atoms with Crippen LogP contribution in [0.4, 0.5) is 0 Å². The van der Waals surface area contributed by atoms with Crippen molar-refractivity contribution in [1.82, 2.24) is 10.2 Å². The van der Waals surface area contributed by atoms with Crippen molar-refractivity contribution in [2.45, 2.75) is 12.8 Å². The molecule has 0 aliphatic carbocycles. The number of rotatable bonds is 8. The van der Waals surface area contributed by atoms with E-state index in [0.717, 1.165) is 19.4 Å². The maximum Gasteiger partial charge on any atom is 0.257 e. The van der Waals surface area contributed by atoms with Crippen molar-refractivity contribution in [2.24, 2.45) is 5.92 Å². The molecule has 1 aromatic carbocycles. The lowest BCUT2D eigenvalue weighted by atomic mass is 9.98. The number of nitrogens with one attached hydrogen (secondary N) is 1. The highest BCUT2D eigenvalue weighted by Gasteiger charge is 2.23. The Morgan fingerprint density at radius 1 is 1.32 bits per heavy atom. The summed E-state index contributed by atoms with van der Waals surface area (Å²) in [6.07, 6.45) is 3.94. The van der Waals surface area contributed by atoms with Crippen molar-refractivity contribution in [3.63, 3.8) is 0 Å². The molecule has 6 nitrogen and oxygen atoms in total. The largest absolute Gasteiger partial charge is 0.493 e. The van der Waals surface area contributed by atoms with Gasteiger partial charge in [0.2, 0.25) is 5.91 Å². The van der Waals surface area contributed by atoms with Gasteiger partial charge >= 0.3 is 0 Å². The fourth-order valence-electron chi connectivity index (χ4n) is 2.86. The first kappa shape index (κ1) is 19.4. The molecule has 1 saturated heterocycles. The van der Waals surface area contributed by atoms with Crippen LogP contribution in [0.2, 0.25) is 0 Å². The first-order valence-corrected chi connectivity index (χ1v) is 9.82. The van der Waals surface area contributed by atoms with Crippen LogP contribution in [0.5, 0.6) is 11.5 Å². The van der Waals surface area contributed by atoms with Crippen LogP contribution in [0.1, 0.15) is 12.8 Å². The zero-order valence-electron chi connectivity index (χ0n) is 14.8. The summed E-state index contributed by atoms with van der Waals surface area (Å²) in [7, 11) is 1.56. The Labute approximate surface area is 153 Å². The number of amides is 2. The van der Waals surface area contributed by atoms with E-state index in [1.807, 2.05) is 23.3 Å². The van der Waals surface area contributed by atoms with E-state index in [-0.39, 0.29) is 18.4 Å². The molecule has 0 bridgehead atoms. The smallest absolute Gasteiger partial charge is 0.257 e. The standard InChI is InChI=1S/C18H26N2O4S/c1-23-15-7-3-4-8-16(15)24-12-17(21)19-10-14-6-5-9-20(11-14)18(22)13-25-2/h3-4,7-8,14H,5-6,9-13H2,1-2H3,(H,19,21). The summed E-state index contributed by atoms with van der Waals surface area (Å²) in [5, 5.41) is 2.90. The van der Waals surface area contributed by atoms with Crippen LogP contribution in [-0.4, -0.2) is 62.1 Å². The highest BCUT2D eigenvalue weighted by Crippen LogP contribution is 2.25. The Bertz CT molecular complexity index is 582. The molecular weight excluding hydrogens is 340 g/mol. The van der Waals surface area contributed by atoms with E-state index >= 15 is 0 Å². The van der Waals surface area contributed by atoms with Gasteiger partial charge in [0, 0.05) is 19.6 Å². The topological polar surface area (TPSA) is 67.9 Å². The molecule has 1 aliphatic heterocycles. The van der Waals surface area contributed by atoms with E-state index in [4.69, 9.17) is 9.47 Å². The molecule has 1 aromatic rings. The first-order chi connectivity index (χ1) is 12.1. The second kappa shape index (κ2) is 10.2. The van der Waals surface area contributed by atoms with Crippen molar-refractivity contribution in [1.29, 1.82) is 0 Å². The normalized spacial score (nSPS) is 17.0. The van der Waals surface area contributed by atoms with Gasteiger partial charge in [0.05, 0.1) is 12.9 Å². The van der Waals surface area contributed by atoms with Crippen LogP contribution < -0.4 is 14.8 Å². The lowest BCUT2D eigenvalue weighted by Gasteiger charge is -2.32. The first-order valence-electron chi connectivity index (χ1n) is 8.43. The van der Waals surface area contributed by atoms with Gasteiger partial charge in [-0.2, -0.15) is 11.8 Å². The highest BCUT2D eigenvalue weighted by molar-refractivity contribution is 7.99. The number of thioether (sulfide) groups is 1. The van der Waals surface area contributed by atoms with Crippen LogP contribution in [0.15, 0.2) is 24.3 Å². The molecule has 1 fully saturated rings. The average Bonchev–Trinajstić information content (AvgIpc) is 2.65. The van der Waals surface area contributed by atoms with E-state index in [2.05, 4.69) is 5.32 Å². The van der Waals surface area contributed by atoms with Gasteiger partial charge in [-0.3, -0.25) is 9.59 Å². The SMILES string of the molecule is COc1ccccc1OCC(=O)NCC1CCCN(C(=O)CSC)C1. The summed E-state index contributed by atoms with van der Waals surface area (Å²) in [5.41, 5.74) is 0. The van der Waals surface area contributed by atoms with Crippen LogP contribution in [-0.2, 0) is 9.59 Å². The van der Waals surface area contributed by atoms with E-state index in [0.29, 0.717) is 36.3 Å². The summed E-state index contributed by atoms with van der Waals surface area (Å²) >= 11 is 1.54. The Morgan fingerprint density at radius 2 is 2.08 bits per heavy atom. The van der Waals surface area contributed by atoms with Crippen LogP contribution in [0.3, 0.4) is 0 Å². The molecule has 2 rings (SSSR count). The molecule has 25 heavy (non-hydrogen) atoms. The Hall–Kier alpha value is -1.89. The molecular formula is C18H26N2O4S. The molecule has 1 aliphatic rings. The highest BCUT2D eigenvalue weighted by atomic mass is 32.2. The number of carbonyl (C=O) groups excluding carboxylic acids is 2. The van der Waals surface area contributed by atoms with Crippen molar-refractivity contribution in [3.8, 4) is 11.5 Å². The Balaban J connectivity index is 1.73. The van der Waals surface area contributed by atoms with Crippen LogP contribution in [0.25, 0.3) is 0 Å². The number of methoxy groups -OCH3 is 1. The monoisotopic (exact) mass is 366 g/mol. The minimum absolute atomic E-state index is 0.0534. The quantitative estimate of drug-likeness (QED) is 0.760. The van der Waals surface area contributed by atoms with Gasteiger partial charge in [0.25, 0.3) is 5.91 Å². The maximum atomic E-state index is 12.0. The summed E-state index contributed by atoms with van der Waals surface area (Å²) in [5.74, 6) is 1.99. The summed E-state index contributed by atoms with van der Waals surface area (Å²) < 4.78 is 10.7. The van der Waals surface area contributed by atoms with Gasteiger partial charge in [-0.05, 0) is 37.1 Å². The van der Waals surface area contributed by atoms with E-state index in [1.54, 1.807) is 31.0 Å². The third kappa shape index (κ3) is 6.16. The molecule has 1 N–H and O–H groups in total. The lowest BCUT2D eigenvalue weighted by Crippen LogP contribution is -2.44. The molecule has 0 aromatic heterocycles. The summed E-state index contributed by atoms with van der Waals surface area (Å²) in [6, 6.07) is 7.23. The Morgan fingerprint density at radius 3 is 2.80 bits per heavy atom. The summed E-state index contributed by atoms with van der Waals surface area (Å²) in [6.45, 7) is 2.05. The predicted octanol–water partition coefficient (Wildman–Crippen LogP) is 1.79.